The lowest BCUT2D eigenvalue weighted by Crippen LogP contribution is -2.35. The lowest BCUT2D eigenvalue weighted by atomic mass is 10.1. The monoisotopic (exact) mass is 409 g/mol. The van der Waals surface area contributed by atoms with Crippen molar-refractivity contribution in [2.75, 3.05) is 29.6 Å². The number of anilines is 2. The van der Waals surface area contributed by atoms with Gasteiger partial charge < -0.3 is 9.64 Å². The number of amides is 2. The molecule has 0 saturated carbocycles. The van der Waals surface area contributed by atoms with Crippen molar-refractivity contribution in [1.29, 1.82) is 0 Å². The largest absolute Gasteiger partial charge is 0.489 e. The molecule has 0 radical (unpaired) electrons. The number of hydrogen-bond acceptors (Lipinski definition) is 4. The standard InChI is InChI=1S/C23H24FN3O3/c1-4-13-30-21-15-19(26(5-2)6-3)10-7-16(21)14-20-22(28)25-27(23(20)29)18-11-8-17(24)9-12-18/h4,7-12,14-15H,1,5-6,13H2,2-3H3,(H,25,28)/b20-14-. The molecule has 0 unspecified atom stereocenters. The van der Waals surface area contributed by atoms with E-state index in [0.717, 1.165) is 23.8 Å². The van der Waals surface area contributed by atoms with Gasteiger partial charge in [0.25, 0.3) is 11.8 Å². The van der Waals surface area contributed by atoms with Crippen LogP contribution in [0.1, 0.15) is 19.4 Å². The molecule has 30 heavy (non-hydrogen) atoms. The molecule has 1 aliphatic rings. The second kappa shape index (κ2) is 9.26. The van der Waals surface area contributed by atoms with Crippen LogP contribution in [0.5, 0.6) is 5.75 Å². The molecule has 0 spiro atoms. The van der Waals surface area contributed by atoms with Crippen molar-refractivity contribution in [3.8, 4) is 5.75 Å². The topological polar surface area (TPSA) is 61.9 Å². The highest BCUT2D eigenvalue weighted by Gasteiger charge is 2.34. The SMILES string of the molecule is C=CCOc1cc(N(CC)CC)ccc1/C=C1/C(=O)NN(c2ccc(F)cc2)C1=O. The summed E-state index contributed by atoms with van der Waals surface area (Å²) >= 11 is 0. The number of rotatable bonds is 8. The Morgan fingerprint density at radius 1 is 1.13 bits per heavy atom. The van der Waals surface area contributed by atoms with E-state index in [1.165, 1.54) is 30.3 Å². The summed E-state index contributed by atoms with van der Waals surface area (Å²) in [5.41, 5.74) is 4.44. The number of nitrogens with zero attached hydrogens (tertiary/aromatic N) is 2. The van der Waals surface area contributed by atoms with Gasteiger partial charge >= 0.3 is 0 Å². The highest BCUT2D eigenvalue weighted by Crippen LogP contribution is 2.29. The van der Waals surface area contributed by atoms with E-state index in [1.807, 2.05) is 18.2 Å². The molecule has 0 bridgehead atoms. The van der Waals surface area contributed by atoms with Gasteiger partial charge in [-0.15, -0.1) is 0 Å². The van der Waals surface area contributed by atoms with E-state index < -0.39 is 17.6 Å². The summed E-state index contributed by atoms with van der Waals surface area (Å²) in [7, 11) is 0. The van der Waals surface area contributed by atoms with Crippen LogP contribution in [0.3, 0.4) is 0 Å². The van der Waals surface area contributed by atoms with Crippen molar-refractivity contribution < 1.29 is 18.7 Å². The van der Waals surface area contributed by atoms with Crippen molar-refractivity contribution in [2.45, 2.75) is 13.8 Å². The molecule has 0 aliphatic carbocycles. The Kier molecular flexibility index (Phi) is 6.51. The van der Waals surface area contributed by atoms with Crippen molar-refractivity contribution in [1.82, 2.24) is 5.43 Å². The highest BCUT2D eigenvalue weighted by molar-refractivity contribution is 6.31. The first-order chi connectivity index (χ1) is 14.5. The molecule has 1 aliphatic heterocycles. The Morgan fingerprint density at radius 2 is 1.83 bits per heavy atom. The summed E-state index contributed by atoms with van der Waals surface area (Å²) in [5.74, 6) is -0.932. The van der Waals surface area contributed by atoms with Gasteiger partial charge in [-0.2, -0.15) is 0 Å². The number of nitrogens with one attached hydrogen (secondary N) is 1. The van der Waals surface area contributed by atoms with E-state index >= 15 is 0 Å². The van der Waals surface area contributed by atoms with E-state index in [0.29, 0.717) is 23.6 Å². The lowest BCUT2D eigenvalue weighted by Gasteiger charge is -2.22. The second-order valence-electron chi connectivity index (χ2n) is 6.61. The van der Waals surface area contributed by atoms with Gasteiger partial charge in [-0.25, -0.2) is 9.40 Å². The maximum absolute atomic E-state index is 13.2. The molecule has 1 fully saturated rings. The quantitative estimate of drug-likeness (QED) is 0.410. The first-order valence-electron chi connectivity index (χ1n) is 9.73. The Bertz CT molecular complexity index is 982. The van der Waals surface area contributed by atoms with Crippen LogP contribution >= 0.6 is 0 Å². The van der Waals surface area contributed by atoms with Gasteiger partial charge in [0.2, 0.25) is 0 Å². The minimum absolute atomic E-state index is 0.0293. The van der Waals surface area contributed by atoms with Gasteiger partial charge in [-0.3, -0.25) is 15.0 Å². The van der Waals surface area contributed by atoms with E-state index in [4.69, 9.17) is 4.74 Å². The van der Waals surface area contributed by atoms with Gasteiger partial charge in [0.1, 0.15) is 23.7 Å². The number of hydrazine groups is 1. The van der Waals surface area contributed by atoms with Crippen LogP contribution in [0.15, 0.2) is 60.7 Å². The van der Waals surface area contributed by atoms with Crippen molar-refractivity contribution in [3.63, 3.8) is 0 Å². The van der Waals surface area contributed by atoms with Crippen LogP contribution in [0.4, 0.5) is 15.8 Å². The molecule has 1 heterocycles. The molecule has 156 valence electrons. The zero-order valence-electron chi connectivity index (χ0n) is 17.0. The molecule has 0 atom stereocenters. The smallest absolute Gasteiger partial charge is 0.282 e. The van der Waals surface area contributed by atoms with Crippen LogP contribution < -0.4 is 20.1 Å². The summed E-state index contributed by atoms with van der Waals surface area (Å²) in [6.07, 6.45) is 3.14. The van der Waals surface area contributed by atoms with Gasteiger partial charge in [0.05, 0.1) is 5.69 Å². The normalized spacial score (nSPS) is 14.8. The van der Waals surface area contributed by atoms with Gasteiger partial charge in [-0.05, 0) is 56.3 Å². The molecule has 7 heteroatoms. The summed E-state index contributed by atoms with van der Waals surface area (Å²) in [5, 5.41) is 1.10. The molecule has 1 N–H and O–H groups in total. The minimum atomic E-state index is -0.535. The third-order valence-electron chi connectivity index (χ3n) is 4.76. The van der Waals surface area contributed by atoms with E-state index in [1.54, 1.807) is 6.08 Å². The second-order valence-corrected chi connectivity index (χ2v) is 6.61. The zero-order valence-corrected chi connectivity index (χ0v) is 17.0. The van der Waals surface area contributed by atoms with Gasteiger partial charge in [0.15, 0.2) is 0 Å². The summed E-state index contributed by atoms with van der Waals surface area (Å²) in [4.78, 5) is 27.4. The van der Waals surface area contributed by atoms with E-state index in [9.17, 15) is 14.0 Å². The highest BCUT2D eigenvalue weighted by atomic mass is 19.1. The number of hydrogen-bond donors (Lipinski definition) is 1. The lowest BCUT2D eigenvalue weighted by molar-refractivity contribution is -0.117. The molecule has 2 aromatic rings. The number of carbonyl (C=O) groups is 2. The molecule has 0 aromatic heterocycles. The fourth-order valence-corrected chi connectivity index (χ4v) is 3.19. The maximum Gasteiger partial charge on any atom is 0.282 e. The Morgan fingerprint density at radius 3 is 2.47 bits per heavy atom. The molecule has 2 aromatic carbocycles. The Labute approximate surface area is 175 Å². The van der Waals surface area contributed by atoms with Gasteiger partial charge in [0, 0.05) is 30.4 Å². The molecule has 6 nitrogen and oxygen atoms in total. The van der Waals surface area contributed by atoms with Crippen molar-refractivity contribution in [2.24, 2.45) is 0 Å². The fraction of sp³-hybridized carbons (Fsp3) is 0.217. The average molecular weight is 409 g/mol. The number of benzene rings is 2. The summed E-state index contributed by atoms with van der Waals surface area (Å²) in [6.45, 7) is 9.77. The van der Waals surface area contributed by atoms with Crippen LogP contribution in [0, 0.1) is 5.82 Å². The maximum atomic E-state index is 13.2. The Balaban J connectivity index is 1.96. The first kappa shape index (κ1) is 21.1. The molecular weight excluding hydrogens is 385 g/mol. The molecule has 3 rings (SSSR count). The number of halogens is 1. The van der Waals surface area contributed by atoms with Gasteiger partial charge in [-0.1, -0.05) is 12.7 Å². The van der Waals surface area contributed by atoms with Crippen LogP contribution in [-0.4, -0.2) is 31.5 Å². The van der Waals surface area contributed by atoms with E-state index in [2.05, 4.69) is 30.8 Å². The molecule has 2 amide bonds. The van der Waals surface area contributed by atoms with Crippen LogP contribution in [-0.2, 0) is 9.59 Å². The third kappa shape index (κ3) is 4.35. The first-order valence-corrected chi connectivity index (χ1v) is 9.73. The summed E-state index contributed by atoms with van der Waals surface area (Å²) < 4.78 is 19.0. The Hall–Kier alpha value is -3.61. The van der Waals surface area contributed by atoms with E-state index in [-0.39, 0.29) is 5.57 Å². The minimum Gasteiger partial charge on any atom is -0.489 e. The number of ether oxygens (including phenoxy) is 1. The van der Waals surface area contributed by atoms with Crippen LogP contribution in [0.25, 0.3) is 6.08 Å². The average Bonchev–Trinajstić information content (AvgIpc) is 3.03. The van der Waals surface area contributed by atoms with Crippen molar-refractivity contribution in [3.05, 3.63) is 72.1 Å². The zero-order chi connectivity index (χ0) is 21.7. The fourth-order valence-electron chi connectivity index (χ4n) is 3.19. The number of carbonyl (C=O) groups excluding carboxylic acids is 2. The predicted molar refractivity (Wildman–Crippen MR) is 116 cm³/mol. The summed E-state index contributed by atoms with van der Waals surface area (Å²) in [6, 6.07) is 10.9. The van der Waals surface area contributed by atoms with Crippen LogP contribution in [0.2, 0.25) is 0 Å². The molecular formula is C23H24FN3O3. The third-order valence-corrected chi connectivity index (χ3v) is 4.76. The predicted octanol–water partition coefficient (Wildman–Crippen LogP) is 3.70. The molecule has 1 saturated heterocycles. The van der Waals surface area contributed by atoms with Crippen molar-refractivity contribution >= 4 is 29.3 Å².